The van der Waals surface area contributed by atoms with Gasteiger partial charge in [-0.2, -0.15) is 0 Å². The van der Waals surface area contributed by atoms with Gasteiger partial charge in [0.2, 0.25) is 0 Å². The normalized spacial score (nSPS) is 13.8. The van der Waals surface area contributed by atoms with E-state index in [1.165, 1.54) is 38.5 Å². The third kappa shape index (κ3) is 7.63. The second-order valence-corrected chi connectivity index (χ2v) is 12.5. The lowest BCUT2D eigenvalue weighted by molar-refractivity contribution is 0.101. The molecule has 0 aromatic heterocycles. The number of ether oxygens (including phenoxy) is 3. The Labute approximate surface area is 290 Å². The van der Waals surface area contributed by atoms with Gasteiger partial charge in [0.05, 0.1) is 48.2 Å². The molecule has 0 bridgehead atoms. The first kappa shape index (κ1) is 34.8. The predicted octanol–water partition coefficient (Wildman–Crippen LogP) is 6.73. The number of halogens is 2. The van der Waals surface area contributed by atoms with Gasteiger partial charge in [-0.25, -0.2) is 0 Å². The molecule has 0 saturated carbocycles. The Morgan fingerprint density at radius 3 is 1.81 bits per heavy atom. The van der Waals surface area contributed by atoms with Crippen LogP contribution in [0.1, 0.15) is 43.0 Å². The van der Waals surface area contributed by atoms with Crippen LogP contribution in [0.3, 0.4) is 0 Å². The molecular weight excluding hydrogens is 653 g/mol. The van der Waals surface area contributed by atoms with Gasteiger partial charge in [0, 0.05) is 49.7 Å². The van der Waals surface area contributed by atoms with Gasteiger partial charge in [-0.3, -0.25) is 14.5 Å². The molecule has 4 N–H and O–H groups in total. The largest absolute Gasteiger partial charge is 0.496 e. The molecular formula is C36H39Cl2N5O5. The monoisotopic (exact) mass is 691 g/mol. The molecule has 12 heteroatoms. The molecule has 252 valence electrons. The zero-order chi connectivity index (χ0) is 34.5. The number of rotatable bonds is 7. The van der Waals surface area contributed by atoms with Crippen molar-refractivity contribution in [3.8, 4) is 17.2 Å². The quantitative estimate of drug-likeness (QED) is 0.183. The van der Waals surface area contributed by atoms with Gasteiger partial charge in [0.15, 0.2) is 0 Å². The zero-order valence-electron chi connectivity index (χ0n) is 27.6. The summed E-state index contributed by atoms with van der Waals surface area (Å²) in [7, 11) is 8.65. The van der Waals surface area contributed by atoms with Gasteiger partial charge < -0.3 is 35.5 Å². The summed E-state index contributed by atoms with van der Waals surface area (Å²) in [5.74, 6) is 0.747. The van der Waals surface area contributed by atoms with E-state index in [1.807, 2.05) is 24.3 Å². The van der Waals surface area contributed by atoms with Gasteiger partial charge >= 0.3 is 0 Å². The summed E-state index contributed by atoms with van der Waals surface area (Å²) in [5, 5.41) is 6.65. The highest BCUT2D eigenvalue weighted by Gasteiger charge is 2.23. The van der Waals surface area contributed by atoms with Gasteiger partial charge in [0.1, 0.15) is 17.2 Å². The molecule has 4 aromatic carbocycles. The van der Waals surface area contributed by atoms with Gasteiger partial charge in [0.25, 0.3) is 11.8 Å². The Morgan fingerprint density at radius 2 is 1.21 bits per heavy atom. The van der Waals surface area contributed by atoms with Crippen LogP contribution in [0.4, 0.5) is 17.1 Å². The fraction of sp³-hybridized carbons (Fsp3) is 0.278. The van der Waals surface area contributed by atoms with Crippen molar-refractivity contribution < 1.29 is 23.8 Å². The molecule has 2 amide bonds. The average molecular weight is 693 g/mol. The van der Waals surface area contributed by atoms with Crippen molar-refractivity contribution in [2.45, 2.75) is 26.1 Å². The fourth-order valence-electron chi connectivity index (χ4n) is 5.87. The predicted molar refractivity (Wildman–Crippen MR) is 191 cm³/mol. The number of anilines is 3. The lowest BCUT2D eigenvalue weighted by atomic mass is 9.98. The highest BCUT2D eigenvalue weighted by molar-refractivity contribution is 6.33. The Balaban J connectivity index is 0.000000188. The van der Waals surface area contributed by atoms with E-state index in [9.17, 15) is 9.59 Å². The standard InChI is InChI=1S/C18H20ClN3O2.C18H19ClN2O3/c1-22-7-6-11-4-3-5-16(13(11)10-22)21-18(23)12-8-14(19)15(20)9-17(12)24-2;1-21-9-11-5-4-6-15(13(11)10-21)20-18(22)12-7-14(19)17(24-3)8-16(12)23-2/h3-5,8-9H,6-7,10,20H2,1-2H3,(H,21,23);4-8H,9-10H2,1-3H3,(H,20,22). The molecule has 2 heterocycles. The lowest BCUT2D eigenvalue weighted by Crippen LogP contribution is -2.28. The number of amides is 2. The van der Waals surface area contributed by atoms with E-state index in [-0.39, 0.29) is 11.8 Å². The number of nitrogens with one attached hydrogen (secondary N) is 2. The Kier molecular flexibility index (Phi) is 11.0. The molecule has 0 unspecified atom stereocenters. The molecule has 0 aliphatic carbocycles. The number of nitrogen functional groups attached to an aromatic ring is 1. The first-order valence-corrected chi connectivity index (χ1v) is 16.0. The summed E-state index contributed by atoms with van der Waals surface area (Å²) in [4.78, 5) is 29.9. The topological polar surface area (TPSA) is 118 Å². The number of likely N-dealkylation sites (N-methyl/N-ethyl adjacent to an activating group) is 1. The number of fused-ring (bicyclic) bond motifs is 2. The number of methoxy groups -OCH3 is 3. The third-order valence-corrected chi connectivity index (χ3v) is 9.01. The smallest absolute Gasteiger partial charge is 0.259 e. The van der Waals surface area contributed by atoms with Crippen molar-refractivity contribution in [2.75, 3.05) is 58.3 Å². The minimum absolute atomic E-state index is 0.264. The third-order valence-electron chi connectivity index (χ3n) is 8.38. The van der Waals surface area contributed by atoms with Gasteiger partial charge in [-0.05, 0) is 67.0 Å². The van der Waals surface area contributed by atoms with Crippen molar-refractivity contribution in [1.82, 2.24) is 9.80 Å². The van der Waals surface area contributed by atoms with E-state index < -0.39 is 0 Å². The Hall–Kier alpha value is -4.48. The second kappa shape index (κ2) is 15.2. The molecule has 0 radical (unpaired) electrons. The zero-order valence-corrected chi connectivity index (χ0v) is 29.1. The number of hydrogen-bond donors (Lipinski definition) is 3. The minimum Gasteiger partial charge on any atom is -0.496 e. The van der Waals surface area contributed by atoms with E-state index in [1.54, 1.807) is 18.2 Å². The summed E-state index contributed by atoms with van der Waals surface area (Å²) < 4.78 is 15.7. The lowest BCUT2D eigenvalue weighted by Gasteiger charge is -2.27. The van der Waals surface area contributed by atoms with E-state index in [4.69, 9.17) is 43.1 Å². The number of nitrogens with zero attached hydrogens (tertiary/aromatic N) is 2. The molecule has 0 saturated heterocycles. The number of carbonyl (C=O) groups excluding carboxylic acids is 2. The first-order valence-electron chi connectivity index (χ1n) is 15.3. The van der Waals surface area contributed by atoms with Crippen molar-refractivity contribution in [3.63, 3.8) is 0 Å². The summed E-state index contributed by atoms with van der Waals surface area (Å²) in [5.41, 5.74) is 13.3. The van der Waals surface area contributed by atoms with Crippen LogP contribution in [0.25, 0.3) is 0 Å². The summed E-state index contributed by atoms with van der Waals surface area (Å²) in [6, 6.07) is 18.2. The summed E-state index contributed by atoms with van der Waals surface area (Å²) >= 11 is 12.2. The Bertz CT molecular complexity index is 1850. The van der Waals surface area contributed by atoms with Crippen LogP contribution in [0, 0.1) is 0 Å². The maximum atomic E-state index is 12.7. The highest BCUT2D eigenvalue weighted by Crippen LogP contribution is 2.35. The van der Waals surface area contributed by atoms with Crippen LogP contribution in [-0.2, 0) is 26.1 Å². The molecule has 0 atom stereocenters. The summed E-state index contributed by atoms with van der Waals surface area (Å²) in [6.07, 6.45) is 0.979. The molecule has 2 aliphatic rings. The Morgan fingerprint density at radius 1 is 0.688 bits per heavy atom. The van der Waals surface area contributed by atoms with Crippen molar-refractivity contribution >= 4 is 52.1 Å². The fourth-order valence-corrected chi connectivity index (χ4v) is 6.27. The number of carbonyl (C=O) groups is 2. The van der Waals surface area contributed by atoms with Crippen molar-refractivity contribution in [3.05, 3.63) is 104 Å². The number of hydrogen-bond acceptors (Lipinski definition) is 8. The SMILES string of the molecule is COc1cc(N)c(Cl)cc1C(=O)Nc1cccc2c1CN(C)CC2.COc1cc(OC)c(C(=O)Nc2cccc3c2CN(C)C3)cc1Cl. The highest BCUT2D eigenvalue weighted by atomic mass is 35.5. The molecule has 6 rings (SSSR count). The molecule has 0 spiro atoms. The van der Waals surface area contributed by atoms with Crippen LogP contribution in [0.15, 0.2) is 60.7 Å². The molecule has 48 heavy (non-hydrogen) atoms. The molecule has 4 aromatic rings. The van der Waals surface area contributed by atoms with Gasteiger partial charge in [-0.15, -0.1) is 0 Å². The number of nitrogens with two attached hydrogens (primary N) is 1. The van der Waals surface area contributed by atoms with E-state index in [0.717, 1.165) is 55.1 Å². The molecule has 0 fully saturated rings. The maximum Gasteiger partial charge on any atom is 0.259 e. The second-order valence-electron chi connectivity index (χ2n) is 11.7. The van der Waals surface area contributed by atoms with Crippen molar-refractivity contribution in [2.24, 2.45) is 0 Å². The summed E-state index contributed by atoms with van der Waals surface area (Å²) in [6.45, 7) is 3.53. The van der Waals surface area contributed by atoms with E-state index >= 15 is 0 Å². The van der Waals surface area contributed by atoms with Crippen LogP contribution >= 0.6 is 23.2 Å². The van der Waals surface area contributed by atoms with E-state index in [0.29, 0.717) is 44.1 Å². The maximum absolute atomic E-state index is 12.7. The van der Waals surface area contributed by atoms with Crippen LogP contribution in [-0.4, -0.2) is 63.6 Å². The van der Waals surface area contributed by atoms with Gasteiger partial charge in [-0.1, -0.05) is 47.5 Å². The van der Waals surface area contributed by atoms with Crippen molar-refractivity contribution in [1.29, 1.82) is 0 Å². The first-order chi connectivity index (χ1) is 23.0. The number of benzene rings is 4. The van der Waals surface area contributed by atoms with Crippen LogP contribution in [0.2, 0.25) is 10.0 Å². The van der Waals surface area contributed by atoms with E-state index in [2.05, 4.69) is 46.7 Å². The minimum atomic E-state index is -0.268. The van der Waals surface area contributed by atoms with Crippen LogP contribution < -0.4 is 30.6 Å². The molecule has 10 nitrogen and oxygen atoms in total. The molecule has 2 aliphatic heterocycles. The van der Waals surface area contributed by atoms with Crippen LogP contribution in [0.5, 0.6) is 17.2 Å². The average Bonchev–Trinajstić information content (AvgIpc) is 3.47.